The van der Waals surface area contributed by atoms with Crippen molar-refractivity contribution in [2.75, 3.05) is 39.7 Å². The summed E-state index contributed by atoms with van der Waals surface area (Å²) in [5, 5.41) is 2.83. The fraction of sp³-hybridized carbons (Fsp3) is 0.438. The van der Waals surface area contributed by atoms with Crippen LogP contribution in [0.2, 0.25) is 0 Å². The van der Waals surface area contributed by atoms with Gasteiger partial charge in [-0.25, -0.2) is 4.79 Å². The Hall–Kier alpha value is -2.37. The van der Waals surface area contributed by atoms with Crippen LogP contribution >= 0.6 is 0 Å². The average molecular weight is 308 g/mol. The summed E-state index contributed by atoms with van der Waals surface area (Å²) in [6.07, 6.45) is 0. The smallest absolute Gasteiger partial charge is 0.322 e. The number of benzene rings is 1. The number of hydrogen-bond donors (Lipinski definition) is 1. The lowest BCUT2D eigenvalue weighted by Crippen LogP contribution is -2.35. The minimum absolute atomic E-state index is 0.209. The molecule has 6 nitrogen and oxygen atoms in total. The van der Waals surface area contributed by atoms with Crippen LogP contribution in [-0.2, 0) is 0 Å². The molecule has 0 aliphatic heterocycles. The fourth-order valence-corrected chi connectivity index (χ4v) is 2.01. The van der Waals surface area contributed by atoms with Gasteiger partial charge in [0.2, 0.25) is 5.75 Å². The number of ether oxygens (including phenoxy) is 3. The van der Waals surface area contributed by atoms with Crippen LogP contribution in [0.1, 0.15) is 13.8 Å². The molecule has 0 bridgehead atoms. The van der Waals surface area contributed by atoms with Gasteiger partial charge in [0.1, 0.15) is 0 Å². The number of urea groups is 1. The van der Waals surface area contributed by atoms with Crippen LogP contribution in [0.15, 0.2) is 24.3 Å². The molecule has 0 saturated heterocycles. The first-order valence-electron chi connectivity index (χ1n) is 6.97. The van der Waals surface area contributed by atoms with Crippen molar-refractivity contribution in [1.82, 2.24) is 4.90 Å². The van der Waals surface area contributed by atoms with Crippen LogP contribution in [0.3, 0.4) is 0 Å². The van der Waals surface area contributed by atoms with E-state index in [1.165, 1.54) is 21.3 Å². The molecule has 0 unspecified atom stereocenters. The molecular weight excluding hydrogens is 284 g/mol. The molecule has 1 aromatic carbocycles. The molecule has 1 rings (SSSR count). The van der Waals surface area contributed by atoms with Crippen LogP contribution in [0, 0.1) is 0 Å². The summed E-state index contributed by atoms with van der Waals surface area (Å²) >= 11 is 0. The number of methoxy groups -OCH3 is 3. The highest BCUT2D eigenvalue weighted by atomic mass is 16.5. The van der Waals surface area contributed by atoms with Gasteiger partial charge in [-0.3, -0.25) is 0 Å². The maximum Gasteiger partial charge on any atom is 0.322 e. The van der Waals surface area contributed by atoms with Crippen molar-refractivity contribution in [2.45, 2.75) is 13.8 Å². The van der Waals surface area contributed by atoms with Crippen molar-refractivity contribution in [3.05, 3.63) is 24.3 Å². The molecule has 0 aliphatic rings. The predicted octanol–water partition coefficient (Wildman–Crippen LogP) is 3.14. The summed E-state index contributed by atoms with van der Waals surface area (Å²) in [4.78, 5) is 14.0. The minimum atomic E-state index is -0.209. The van der Waals surface area contributed by atoms with Crippen LogP contribution in [0.5, 0.6) is 17.2 Å². The molecule has 0 spiro atoms. The number of rotatable bonds is 7. The van der Waals surface area contributed by atoms with Gasteiger partial charge in [0.15, 0.2) is 11.5 Å². The molecule has 0 saturated carbocycles. The summed E-state index contributed by atoms with van der Waals surface area (Å²) in [5.41, 5.74) is 1.49. The monoisotopic (exact) mass is 308 g/mol. The van der Waals surface area contributed by atoms with Crippen LogP contribution < -0.4 is 19.5 Å². The largest absolute Gasteiger partial charge is 0.493 e. The number of likely N-dealkylation sites (N-methyl/N-ethyl adjacent to an activating group) is 1. The first kappa shape index (κ1) is 17.7. The highest BCUT2D eigenvalue weighted by Gasteiger charge is 2.16. The Morgan fingerprint density at radius 2 is 1.73 bits per heavy atom. The van der Waals surface area contributed by atoms with Crippen LogP contribution in [0.4, 0.5) is 10.5 Å². The third-order valence-corrected chi connectivity index (χ3v) is 3.05. The number of nitrogens with one attached hydrogen (secondary N) is 1. The molecule has 1 N–H and O–H groups in total. The van der Waals surface area contributed by atoms with Gasteiger partial charge in [0.05, 0.1) is 27.0 Å². The van der Waals surface area contributed by atoms with E-state index >= 15 is 0 Å². The maximum absolute atomic E-state index is 12.3. The second-order valence-corrected chi connectivity index (χ2v) is 4.82. The van der Waals surface area contributed by atoms with Gasteiger partial charge in [0.25, 0.3) is 0 Å². The first-order chi connectivity index (χ1) is 10.5. The lowest BCUT2D eigenvalue weighted by atomic mass is 10.2. The third-order valence-electron chi connectivity index (χ3n) is 3.05. The van der Waals surface area contributed by atoms with Gasteiger partial charge in [-0.05, 0) is 13.8 Å². The van der Waals surface area contributed by atoms with Crippen molar-refractivity contribution in [3.63, 3.8) is 0 Å². The number of anilines is 1. The van der Waals surface area contributed by atoms with Crippen molar-refractivity contribution in [3.8, 4) is 17.2 Å². The predicted molar refractivity (Wildman–Crippen MR) is 87.2 cm³/mol. The lowest BCUT2D eigenvalue weighted by Gasteiger charge is -2.22. The molecule has 0 fully saturated rings. The summed E-state index contributed by atoms with van der Waals surface area (Å²) in [7, 11) is 4.59. The van der Waals surface area contributed by atoms with Gasteiger partial charge in [-0.1, -0.05) is 12.2 Å². The molecule has 0 aromatic heterocycles. The zero-order valence-corrected chi connectivity index (χ0v) is 13.9. The molecule has 122 valence electrons. The van der Waals surface area contributed by atoms with Gasteiger partial charge in [0, 0.05) is 25.2 Å². The van der Waals surface area contributed by atoms with Gasteiger partial charge >= 0.3 is 6.03 Å². The Balaban J connectivity index is 3.02. The molecular formula is C16H24N2O4. The molecule has 0 heterocycles. The number of carbonyl (C=O) groups is 1. The Bertz CT molecular complexity index is 518. The van der Waals surface area contributed by atoms with Crippen molar-refractivity contribution < 1.29 is 19.0 Å². The van der Waals surface area contributed by atoms with Crippen molar-refractivity contribution in [2.24, 2.45) is 0 Å². The Morgan fingerprint density at radius 3 is 2.09 bits per heavy atom. The molecule has 0 atom stereocenters. The SMILES string of the molecule is C=C(C)CN(CC)C(=O)Nc1cc(OC)c(OC)c(OC)c1. The van der Waals surface area contributed by atoms with E-state index in [9.17, 15) is 4.79 Å². The Morgan fingerprint density at radius 1 is 1.18 bits per heavy atom. The topological polar surface area (TPSA) is 60.0 Å². The number of nitrogens with zero attached hydrogens (tertiary/aromatic N) is 1. The summed E-state index contributed by atoms with van der Waals surface area (Å²) in [6, 6.07) is 3.17. The van der Waals surface area contributed by atoms with E-state index in [1.54, 1.807) is 17.0 Å². The van der Waals surface area contributed by atoms with Gasteiger partial charge in [-0.2, -0.15) is 0 Å². The molecule has 2 amide bonds. The average Bonchev–Trinajstić information content (AvgIpc) is 2.50. The van der Waals surface area contributed by atoms with E-state index in [4.69, 9.17) is 14.2 Å². The van der Waals surface area contributed by atoms with E-state index in [2.05, 4.69) is 11.9 Å². The highest BCUT2D eigenvalue weighted by molar-refractivity contribution is 5.90. The summed E-state index contributed by atoms with van der Waals surface area (Å²) in [6.45, 7) is 8.72. The van der Waals surface area contributed by atoms with Crippen LogP contribution in [-0.4, -0.2) is 45.3 Å². The first-order valence-corrected chi connectivity index (χ1v) is 6.97. The van der Waals surface area contributed by atoms with Gasteiger partial charge in [-0.15, -0.1) is 0 Å². The maximum atomic E-state index is 12.3. The number of carbonyl (C=O) groups excluding carboxylic acids is 1. The van der Waals surface area contributed by atoms with Gasteiger partial charge < -0.3 is 24.4 Å². The second-order valence-electron chi connectivity index (χ2n) is 4.82. The van der Waals surface area contributed by atoms with Crippen molar-refractivity contribution in [1.29, 1.82) is 0 Å². The molecule has 0 aliphatic carbocycles. The van der Waals surface area contributed by atoms with E-state index in [1.807, 2.05) is 13.8 Å². The summed E-state index contributed by atoms with van der Waals surface area (Å²) in [5.74, 6) is 1.46. The minimum Gasteiger partial charge on any atom is -0.493 e. The van der Waals surface area contributed by atoms with Crippen molar-refractivity contribution >= 4 is 11.7 Å². The molecule has 1 aromatic rings. The van der Waals surface area contributed by atoms with E-state index in [0.717, 1.165) is 5.57 Å². The van der Waals surface area contributed by atoms with Crippen LogP contribution in [0.25, 0.3) is 0 Å². The number of hydrogen-bond acceptors (Lipinski definition) is 4. The fourth-order valence-electron chi connectivity index (χ4n) is 2.01. The lowest BCUT2D eigenvalue weighted by molar-refractivity contribution is 0.218. The van der Waals surface area contributed by atoms with E-state index in [0.29, 0.717) is 36.0 Å². The highest BCUT2D eigenvalue weighted by Crippen LogP contribution is 2.39. The summed E-state index contributed by atoms with van der Waals surface area (Å²) < 4.78 is 15.8. The van der Waals surface area contributed by atoms with E-state index in [-0.39, 0.29) is 6.03 Å². The zero-order valence-electron chi connectivity index (χ0n) is 13.9. The third kappa shape index (κ3) is 4.31. The quantitative estimate of drug-likeness (QED) is 0.786. The molecule has 0 radical (unpaired) electrons. The normalized spacial score (nSPS) is 9.86. The molecule has 22 heavy (non-hydrogen) atoms. The van der Waals surface area contributed by atoms with E-state index < -0.39 is 0 Å². The Labute approximate surface area is 131 Å². The number of amides is 2. The standard InChI is InChI=1S/C16H24N2O4/c1-7-18(10-11(2)3)16(19)17-12-8-13(20-4)15(22-6)14(9-12)21-5/h8-9H,2,7,10H2,1,3-6H3,(H,17,19). The Kier molecular flexibility index (Phi) is 6.56. The molecule has 6 heteroatoms. The zero-order chi connectivity index (χ0) is 16.7. The second kappa shape index (κ2) is 8.17.